The van der Waals surface area contributed by atoms with Gasteiger partial charge in [0.05, 0.1) is 16.6 Å². The van der Waals surface area contributed by atoms with Gasteiger partial charge in [0.15, 0.2) is 17.5 Å². The minimum atomic E-state index is 0.635. The fourth-order valence-corrected chi connectivity index (χ4v) is 10.5. The van der Waals surface area contributed by atoms with Crippen molar-refractivity contribution in [2.24, 2.45) is 0 Å². The Balaban J connectivity index is 0.966. The van der Waals surface area contributed by atoms with Crippen LogP contribution in [0.3, 0.4) is 0 Å². The average Bonchev–Trinajstić information content (AvgIpc) is 3.83. The van der Waals surface area contributed by atoms with E-state index in [1.165, 1.54) is 69.0 Å². The molecule has 0 aliphatic heterocycles. The highest BCUT2D eigenvalue weighted by atomic mass is 32.1. The van der Waals surface area contributed by atoms with Crippen molar-refractivity contribution in [3.8, 4) is 56.4 Å². The van der Waals surface area contributed by atoms with Crippen LogP contribution in [0.1, 0.15) is 0 Å². The van der Waals surface area contributed by atoms with Crippen molar-refractivity contribution in [1.82, 2.24) is 19.4 Å². The molecule has 9 aromatic carbocycles. The molecule has 0 aliphatic rings. The van der Waals surface area contributed by atoms with Crippen LogP contribution < -0.4 is 0 Å². The van der Waals surface area contributed by atoms with Crippen LogP contribution in [0.2, 0.25) is 0 Å². The minimum Gasteiger partial charge on any atom is -0.308 e. The van der Waals surface area contributed by atoms with Crippen LogP contribution in [-0.2, 0) is 0 Å². The molecule has 0 aliphatic carbocycles. The van der Waals surface area contributed by atoms with Gasteiger partial charge in [-0.05, 0) is 86.9 Å². The molecule has 0 amide bonds. The van der Waals surface area contributed by atoms with Crippen LogP contribution in [-0.4, -0.2) is 19.4 Å². The molecule has 60 heavy (non-hydrogen) atoms. The second-order valence-electron chi connectivity index (χ2n) is 15.6. The number of benzene rings is 9. The molecule has 0 N–H and O–H groups in total. The first-order valence-electron chi connectivity index (χ1n) is 20.3. The summed E-state index contributed by atoms with van der Waals surface area (Å²) in [5.74, 6) is 1.91. The van der Waals surface area contributed by atoms with Gasteiger partial charge in [0.1, 0.15) is 0 Å². The number of para-hydroxylation sites is 1. The summed E-state index contributed by atoms with van der Waals surface area (Å²) < 4.78 is 5.15. The molecule has 13 aromatic rings. The van der Waals surface area contributed by atoms with Crippen LogP contribution >= 0.6 is 11.3 Å². The number of hydrogen-bond acceptors (Lipinski definition) is 4. The predicted octanol–water partition coefficient (Wildman–Crippen LogP) is 14.9. The summed E-state index contributed by atoms with van der Waals surface area (Å²) in [6.45, 7) is 0. The molecule has 13 rings (SSSR count). The monoisotopic (exact) mass is 780 g/mol. The third kappa shape index (κ3) is 5.06. The van der Waals surface area contributed by atoms with Gasteiger partial charge in [0, 0.05) is 53.0 Å². The van der Waals surface area contributed by atoms with Gasteiger partial charge in [0.2, 0.25) is 0 Å². The first-order chi connectivity index (χ1) is 29.7. The Hall–Kier alpha value is -7.73. The van der Waals surface area contributed by atoms with E-state index in [0.717, 1.165) is 38.9 Å². The van der Waals surface area contributed by atoms with Crippen molar-refractivity contribution < 1.29 is 0 Å². The molecular formula is C55H32N4S. The Morgan fingerprint density at radius 2 is 0.883 bits per heavy atom. The summed E-state index contributed by atoms with van der Waals surface area (Å²) in [5, 5.41) is 10.2. The molecule has 0 radical (unpaired) electrons. The van der Waals surface area contributed by atoms with Crippen LogP contribution in [0.4, 0.5) is 0 Å². The Morgan fingerprint density at radius 1 is 0.317 bits per heavy atom. The first kappa shape index (κ1) is 33.3. The van der Waals surface area contributed by atoms with Crippen LogP contribution in [0.5, 0.6) is 0 Å². The van der Waals surface area contributed by atoms with E-state index in [-0.39, 0.29) is 0 Å². The number of fused-ring (bicyclic) bond motifs is 7. The molecule has 4 heterocycles. The van der Waals surface area contributed by atoms with Crippen molar-refractivity contribution in [1.29, 1.82) is 0 Å². The maximum atomic E-state index is 5.18. The Bertz CT molecular complexity index is 3830. The van der Waals surface area contributed by atoms with E-state index in [4.69, 9.17) is 15.0 Å². The lowest BCUT2D eigenvalue weighted by molar-refractivity contribution is 1.07. The molecule has 0 bridgehead atoms. The van der Waals surface area contributed by atoms with E-state index in [9.17, 15) is 0 Å². The number of hydrogen-bond donors (Lipinski definition) is 0. The molecule has 0 spiro atoms. The van der Waals surface area contributed by atoms with Crippen molar-refractivity contribution >= 4 is 80.4 Å². The Morgan fingerprint density at radius 3 is 1.68 bits per heavy atom. The van der Waals surface area contributed by atoms with Crippen LogP contribution in [0, 0.1) is 0 Å². The molecule has 0 unspecified atom stereocenters. The molecule has 0 saturated carbocycles. The van der Waals surface area contributed by atoms with E-state index in [0.29, 0.717) is 17.5 Å². The van der Waals surface area contributed by atoms with Gasteiger partial charge in [-0.2, -0.15) is 0 Å². The maximum absolute atomic E-state index is 5.18. The quantitative estimate of drug-likeness (QED) is 0.175. The summed E-state index contributed by atoms with van der Waals surface area (Å²) >= 11 is 1.89. The van der Waals surface area contributed by atoms with Gasteiger partial charge in [0.25, 0.3) is 0 Å². The molecule has 4 aromatic heterocycles. The summed E-state index contributed by atoms with van der Waals surface area (Å²) in [5.41, 5.74) is 11.0. The summed E-state index contributed by atoms with van der Waals surface area (Å²) in [6.07, 6.45) is 0. The standard InChI is InChI=1S/C55H32N4S/c1-2-12-34(13-3-1)53-56-54(40-17-8-15-36(30-40)38-24-23-33-11-4-5-14-35(33)29-38)58-55(57-53)41-18-9-16-37(31-41)39-25-27-47-45(32-39)44-26-28-49-51-50-43(20-10-22-48(50)60-49)42-19-6-7-21-46(42)59(47)52(44)51/h1-32H. The Kier molecular flexibility index (Phi) is 7.14. The largest absolute Gasteiger partial charge is 0.308 e. The van der Waals surface area contributed by atoms with Crippen molar-refractivity contribution in [3.05, 3.63) is 194 Å². The Labute approximate surface area is 348 Å². The van der Waals surface area contributed by atoms with E-state index in [2.05, 4.69) is 180 Å². The van der Waals surface area contributed by atoms with Gasteiger partial charge in [-0.25, -0.2) is 15.0 Å². The summed E-state index contributed by atoms with van der Waals surface area (Å²) in [7, 11) is 0. The fourth-order valence-electron chi connectivity index (χ4n) is 9.35. The molecule has 278 valence electrons. The lowest BCUT2D eigenvalue weighted by Crippen LogP contribution is -2.00. The number of aromatic nitrogens is 4. The third-order valence-corrected chi connectivity index (χ3v) is 13.3. The zero-order valence-corrected chi connectivity index (χ0v) is 33.0. The lowest BCUT2D eigenvalue weighted by atomic mass is 9.99. The predicted molar refractivity (Wildman–Crippen MR) is 252 cm³/mol. The lowest BCUT2D eigenvalue weighted by Gasteiger charge is -2.11. The van der Waals surface area contributed by atoms with Crippen LogP contribution in [0.15, 0.2) is 194 Å². The van der Waals surface area contributed by atoms with E-state index < -0.39 is 0 Å². The molecular weight excluding hydrogens is 749 g/mol. The minimum absolute atomic E-state index is 0.635. The molecule has 0 saturated heterocycles. The molecule has 0 atom stereocenters. The van der Waals surface area contributed by atoms with Gasteiger partial charge in [-0.15, -0.1) is 11.3 Å². The van der Waals surface area contributed by atoms with E-state index >= 15 is 0 Å². The van der Waals surface area contributed by atoms with Crippen LogP contribution in [0.25, 0.3) is 125 Å². The summed E-state index contributed by atoms with van der Waals surface area (Å²) in [6, 6.07) is 69.6. The highest BCUT2D eigenvalue weighted by Gasteiger charge is 2.21. The smallest absolute Gasteiger partial charge is 0.164 e. The number of rotatable bonds is 5. The SMILES string of the molecule is c1ccc(-c2nc(-c3cccc(-c4ccc5ccccc5c4)c3)nc(-c3cccc(-c4ccc5c(c4)c4ccc6sc7cccc8c9ccccc9n5c4c6c78)c3)n2)cc1. The van der Waals surface area contributed by atoms with Crippen molar-refractivity contribution in [2.45, 2.75) is 0 Å². The molecule has 5 heteroatoms. The average molecular weight is 781 g/mol. The second-order valence-corrected chi connectivity index (χ2v) is 16.7. The maximum Gasteiger partial charge on any atom is 0.164 e. The van der Waals surface area contributed by atoms with Crippen molar-refractivity contribution in [2.75, 3.05) is 0 Å². The highest BCUT2D eigenvalue weighted by Crippen LogP contribution is 2.47. The molecule has 0 fully saturated rings. The highest BCUT2D eigenvalue weighted by molar-refractivity contribution is 7.26. The fraction of sp³-hybridized carbons (Fsp3) is 0. The third-order valence-electron chi connectivity index (χ3n) is 12.1. The summed E-state index contributed by atoms with van der Waals surface area (Å²) in [4.78, 5) is 15.4. The van der Waals surface area contributed by atoms with Gasteiger partial charge in [-0.3, -0.25) is 0 Å². The zero-order valence-electron chi connectivity index (χ0n) is 32.2. The zero-order chi connectivity index (χ0) is 39.3. The topological polar surface area (TPSA) is 43.1 Å². The number of nitrogens with zero attached hydrogens (tertiary/aromatic N) is 4. The first-order valence-corrected chi connectivity index (χ1v) is 21.1. The van der Waals surface area contributed by atoms with Gasteiger partial charge >= 0.3 is 0 Å². The molecule has 4 nitrogen and oxygen atoms in total. The second kappa shape index (κ2) is 12.9. The van der Waals surface area contributed by atoms with E-state index in [1.54, 1.807) is 0 Å². The number of thiophene rings is 1. The normalized spacial score (nSPS) is 12.0. The van der Waals surface area contributed by atoms with Gasteiger partial charge in [-0.1, -0.05) is 146 Å². The van der Waals surface area contributed by atoms with E-state index in [1.807, 2.05) is 29.5 Å². The van der Waals surface area contributed by atoms with Crippen molar-refractivity contribution in [3.63, 3.8) is 0 Å². The van der Waals surface area contributed by atoms with Gasteiger partial charge < -0.3 is 4.40 Å².